The number of carbonyl (C=O) groups is 3. The van der Waals surface area contributed by atoms with Crippen LogP contribution < -0.4 is 5.32 Å². The molecule has 3 rings (SSSR count). The molecule has 8 heteroatoms. The highest BCUT2D eigenvalue weighted by Crippen LogP contribution is 2.31. The molecule has 0 fully saturated rings. The lowest BCUT2D eigenvalue weighted by molar-refractivity contribution is 0.0239. The number of nitrogens with one attached hydrogen (secondary N) is 1. The number of rotatable bonds is 3. The molecule has 0 bridgehead atoms. The van der Waals surface area contributed by atoms with E-state index in [0.29, 0.717) is 22.6 Å². The normalized spacial score (nSPS) is 13.2. The molecule has 0 radical (unpaired) electrons. The molecule has 1 aliphatic heterocycles. The Morgan fingerprint density at radius 2 is 1.79 bits per heavy atom. The third kappa shape index (κ3) is 4.47. The Kier molecular flexibility index (Phi) is 5.46. The summed E-state index contributed by atoms with van der Waals surface area (Å²) in [7, 11) is 0. The predicted octanol–water partition coefficient (Wildman–Crippen LogP) is 3.74. The lowest BCUT2D eigenvalue weighted by Crippen LogP contribution is -2.34. The van der Waals surface area contributed by atoms with E-state index in [2.05, 4.69) is 10.4 Å². The molecule has 1 aromatic heterocycles. The molecule has 1 N–H and O–H groups in total. The van der Waals surface area contributed by atoms with Gasteiger partial charge in [-0.3, -0.25) is 14.5 Å². The highest BCUT2D eigenvalue weighted by molar-refractivity contribution is 6.05. The number of aryl methyl sites for hydroxylation is 1. The van der Waals surface area contributed by atoms with Gasteiger partial charge in [-0.1, -0.05) is 24.6 Å². The van der Waals surface area contributed by atoms with Crippen LogP contribution in [0.4, 0.5) is 10.6 Å². The van der Waals surface area contributed by atoms with E-state index in [1.807, 2.05) is 19.1 Å². The van der Waals surface area contributed by atoms with Crippen molar-refractivity contribution in [2.24, 2.45) is 0 Å². The molecule has 29 heavy (non-hydrogen) atoms. The summed E-state index contributed by atoms with van der Waals surface area (Å²) in [5, 5.41) is 7.17. The largest absolute Gasteiger partial charge is 0.444 e. The Morgan fingerprint density at radius 1 is 1.14 bits per heavy atom. The summed E-state index contributed by atoms with van der Waals surface area (Å²) in [6, 6.07) is 7.14. The van der Waals surface area contributed by atoms with Gasteiger partial charge >= 0.3 is 6.09 Å². The number of amides is 2. The van der Waals surface area contributed by atoms with Gasteiger partial charge in [0.05, 0.1) is 18.8 Å². The second kappa shape index (κ2) is 7.69. The molecule has 2 heterocycles. The zero-order valence-corrected chi connectivity index (χ0v) is 17.4. The van der Waals surface area contributed by atoms with Gasteiger partial charge in [-0.15, -0.1) is 0 Å². The molecule has 0 spiro atoms. The maximum Gasteiger partial charge on any atom is 0.410 e. The van der Waals surface area contributed by atoms with Crippen molar-refractivity contribution in [3.8, 4) is 0 Å². The summed E-state index contributed by atoms with van der Waals surface area (Å²) in [5.41, 5.74) is 2.14. The van der Waals surface area contributed by atoms with Crippen molar-refractivity contribution < 1.29 is 19.1 Å². The number of benzene rings is 1. The van der Waals surface area contributed by atoms with Crippen LogP contribution in [0, 0.1) is 6.92 Å². The fraction of sp³-hybridized carbons (Fsp3) is 0.429. The van der Waals surface area contributed by atoms with Crippen LogP contribution in [0.3, 0.4) is 0 Å². The third-order valence-corrected chi connectivity index (χ3v) is 4.49. The Labute approximate surface area is 169 Å². The molecule has 2 aromatic rings. The monoisotopic (exact) mass is 398 g/mol. The average molecular weight is 398 g/mol. The minimum absolute atomic E-state index is 0.213. The number of fused-ring (bicyclic) bond motifs is 1. The first kappa shape index (κ1) is 20.6. The molecule has 0 saturated heterocycles. The van der Waals surface area contributed by atoms with E-state index in [9.17, 15) is 14.4 Å². The number of hydrogen-bond donors (Lipinski definition) is 1. The van der Waals surface area contributed by atoms with Crippen molar-refractivity contribution in [1.29, 1.82) is 0 Å². The summed E-state index contributed by atoms with van der Waals surface area (Å²) in [5.74, 6) is -0.264. The Bertz CT molecular complexity index is 954. The summed E-state index contributed by atoms with van der Waals surface area (Å²) >= 11 is 0. The maximum absolute atomic E-state index is 12.7. The van der Waals surface area contributed by atoms with Crippen molar-refractivity contribution >= 4 is 23.7 Å². The van der Waals surface area contributed by atoms with E-state index in [1.165, 1.54) is 9.58 Å². The van der Waals surface area contributed by atoms with Gasteiger partial charge < -0.3 is 10.1 Å². The van der Waals surface area contributed by atoms with Crippen LogP contribution in [0.2, 0.25) is 0 Å². The van der Waals surface area contributed by atoms with Crippen molar-refractivity contribution in [1.82, 2.24) is 14.7 Å². The maximum atomic E-state index is 12.7. The zero-order valence-electron chi connectivity index (χ0n) is 17.4. The van der Waals surface area contributed by atoms with Gasteiger partial charge in [0.15, 0.2) is 0 Å². The highest BCUT2D eigenvalue weighted by Gasteiger charge is 2.34. The molecule has 154 valence electrons. The number of anilines is 1. The number of aromatic nitrogens is 2. The molecule has 1 aromatic carbocycles. The van der Waals surface area contributed by atoms with E-state index in [1.54, 1.807) is 39.8 Å². The first-order valence-corrected chi connectivity index (χ1v) is 9.59. The van der Waals surface area contributed by atoms with Crippen molar-refractivity contribution in [3.63, 3.8) is 0 Å². The minimum Gasteiger partial charge on any atom is -0.444 e. The fourth-order valence-electron chi connectivity index (χ4n) is 3.02. The van der Waals surface area contributed by atoms with Gasteiger partial charge in [0, 0.05) is 17.5 Å². The molecule has 1 aliphatic rings. The van der Waals surface area contributed by atoms with E-state index in [0.717, 1.165) is 5.56 Å². The van der Waals surface area contributed by atoms with Crippen molar-refractivity contribution in [2.45, 2.75) is 59.7 Å². The number of hydrogen-bond acceptors (Lipinski definition) is 5. The second-order valence-corrected chi connectivity index (χ2v) is 8.09. The predicted molar refractivity (Wildman–Crippen MR) is 108 cm³/mol. The Hall–Kier alpha value is -3.16. The summed E-state index contributed by atoms with van der Waals surface area (Å²) < 4.78 is 6.65. The van der Waals surface area contributed by atoms with Crippen LogP contribution in [0.25, 0.3) is 0 Å². The van der Waals surface area contributed by atoms with Crippen LogP contribution in [-0.2, 0) is 17.8 Å². The van der Waals surface area contributed by atoms with E-state index < -0.39 is 11.7 Å². The van der Waals surface area contributed by atoms with Crippen molar-refractivity contribution in [3.05, 3.63) is 46.6 Å². The Morgan fingerprint density at radius 3 is 2.38 bits per heavy atom. The van der Waals surface area contributed by atoms with Gasteiger partial charge in [0.25, 0.3) is 5.91 Å². The number of ether oxygens (including phenoxy) is 1. The van der Waals surface area contributed by atoms with Gasteiger partial charge in [0.1, 0.15) is 11.4 Å². The standard InChI is InChI=1S/C21H26N4O4/c1-6-17(26)25-18(22-19(27)14-9-7-13(2)8-10-14)15-11-24(12-16(15)23-25)20(28)29-21(3,4)5/h7-10H,6,11-12H2,1-5H3,(H,22,27). The zero-order chi connectivity index (χ0) is 21.3. The van der Waals surface area contributed by atoms with E-state index >= 15 is 0 Å². The molecule has 0 saturated carbocycles. The van der Waals surface area contributed by atoms with Crippen LogP contribution in [-0.4, -0.2) is 38.2 Å². The Balaban J connectivity index is 1.87. The third-order valence-electron chi connectivity index (χ3n) is 4.49. The average Bonchev–Trinajstić information content (AvgIpc) is 3.19. The van der Waals surface area contributed by atoms with Gasteiger partial charge in [-0.25, -0.2) is 4.79 Å². The molecule has 0 atom stereocenters. The molecular weight excluding hydrogens is 372 g/mol. The number of carbonyl (C=O) groups excluding carboxylic acids is 3. The highest BCUT2D eigenvalue weighted by atomic mass is 16.6. The van der Waals surface area contributed by atoms with Crippen LogP contribution >= 0.6 is 0 Å². The minimum atomic E-state index is -0.613. The lowest BCUT2D eigenvalue weighted by atomic mass is 10.1. The topological polar surface area (TPSA) is 93.5 Å². The second-order valence-electron chi connectivity index (χ2n) is 8.09. The molecule has 0 unspecified atom stereocenters. The first-order chi connectivity index (χ1) is 13.6. The molecule has 0 aliphatic carbocycles. The van der Waals surface area contributed by atoms with Gasteiger partial charge in [-0.2, -0.15) is 9.78 Å². The molecular formula is C21H26N4O4. The molecule has 2 amide bonds. The van der Waals surface area contributed by atoms with Crippen LogP contribution in [0.1, 0.15) is 66.1 Å². The summed E-state index contributed by atoms with van der Waals surface area (Å²) in [6.45, 7) is 9.50. The van der Waals surface area contributed by atoms with E-state index in [4.69, 9.17) is 4.74 Å². The smallest absolute Gasteiger partial charge is 0.410 e. The SMILES string of the molecule is CCC(=O)n1nc2c(c1NC(=O)c1ccc(C)cc1)CN(C(=O)OC(C)(C)C)C2. The first-order valence-electron chi connectivity index (χ1n) is 9.59. The van der Waals surface area contributed by atoms with Crippen LogP contribution in [0.5, 0.6) is 0 Å². The summed E-state index contributed by atoms with van der Waals surface area (Å²) in [6.07, 6.45) is -0.219. The lowest BCUT2D eigenvalue weighted by Gasteiger charge is -2.24. The summed E-state index contributed by atoms with van der Waals surface area (Å²) in [4.78, 5) is 39.0. The molecule has 8 nitrogen and oxygen atoms in total. The van der Waals surface area contributed by atoms with Gasteiger partial charge in [0.2, 0.25) is 5.91 Å². The number of nitrogens with zero attached hydrogens (tertiary/aromatic N) is 3. The van der Waals surface area contributed by atoms with E-state index in [-0.39, 0.29) is 31.3 Å². The fourth-order valence-corrected chi connectivity index (χ4v) is 3.02. The van der Waals surface area contributed by atoms with Gasteiger partial charge in [-0.05, 0) is 39.8 Å². The van der Waals surface area contributed by atoms with Crippen molar-refractivity contribution in [2.75, 3.05) is 5.32 Å². The quantitative estimate of drug-likeness (QED) is 0.850. The van der Waals surface area contributed by atoms with Crippen LogP contribution in [0.15, 0.2) is 24.3 Å².